The molecule has 0 saturated carbocycles. The Bertz CT molecular complexity index is 695. The van der Waals surface area contributed by atoms with Crippen molar-refractivity contribution in [1.82, 2.24) is 10.3 Å². The number of hydrogen-bond donors (Lipinski definition) is 1. The van der Waals surface area contributed by atoms with Gasteiger partial charge in [0.2, 0.25) is 0 Å². The van der Waals surface area contributed by atoms with Crippen LogP contribution in [0.4, 0.5) is 5.69 Å². The molecule has 1 fully saturated rings. The standard InChI is InChI=1S/C17H19N3O2.2ClH/c1-17(2)15(12-6-8-18-9-7-12)11-16(19-17)13-4-3-5-14(10-13)20(21)22;;/h3-10,15-16,19H,11H2,1-2H3;2*1H/t15-,16+;;/m0../s1. The number of non-ortho nitro benzene ring substituents is 1. The molecule has 1 N–H and O–H groups in total. The lowest BCUT2D eigenvalue weighted by atomic mass is 9.83. The van der Waals surface area contributed by atoms with Crippen molar-refractivity contribution in [2.75, 3.05) is 0 Å². The first-order chi connectivity index (χ1) is 10.5. The van der Waals surface area contributed by atoms with Gasteiger partial charge in [-0.2, -0.15) is 0 Å². The van der Waals surface area contributed by atoms with Crippen LogP contribution in [0.2, 0.25) is 0 Å². The number of nitrogens with one attached hydrogen (secondary N) is 1. The maximum Gasteiger partial charge on any atom is 0.269 e. The van der Waals surface area contributed by atoms with Gasteiger partial charge in [0.05, 0.1) is 4.92 Å². The zero-order valence-electron chi connectivity index (χ0n) is 13.5. The number of nitro groups is 1. The molecule has 1 aliphatic rings. The Morgan fingerprint density at radius 1 is 1.17 bits per heavy atom. The maximum atomic E-state index is 11.0. The molecule has 5 nitrogen and oxygen atoms in total. The highest BCUT2D eigenvalue weighted by Gasteiger charge is 2.41. The zero-order valence-corrected chi connectivity index (χ0v) is 15.1. The normalized spacial score (nSPS) is 21.4. The molecule has 0 aliphatic carbocycles. The minimum Gasteiger partial charge on any atom is -0.304 e. The molecule has 0 spiro atoms. The number of hydrogen-bond acceptors (Lipinski definition) is 4. The Balaban J connectivity index is 0.00000144. The number of pyridine rings is 1. The van der Waals surface area contributed by atoms with Crippen molar-refractivity contribution in [3.05, 3.63) is 70.0 Å². The molecule has 1 saturated heterocycles. The highest BCUT2D eigenvalue weighted by Crippen LogP contribution is 2.43. The summed E-state index contributed by atoms with van der Waals surface area (Å²) < 4.78 is 0. The van der Waals surface area contributed by atoms with E-state index in [1.54, 1.807) is 12.1 Å². The van der Waals surface area contributed by atoms with Gasteiger partial charge in [-0.15, -0.1) is 24.8 Å². The van der Waals surface area contributed by atoms with E-state index in [-0.39, 0.29) is 47.0 Å². The summed E-state index contributed by atoms with van der Waals surface area (Å²) in [6.07, 6.45) is 4.54. The first-order valence-electron chi connectivity index (χ1n) is 7.39. The molecular formula is C17H21Cl2N3O2. The molecule has 2 aromatic rings. The second kappa shape index (κ2) is 7.92. The summed E-state index contributed by atoms with van der Waals surface area (Å²) >= 11 is 0. The number of aromatic nitrogens is 1. The second-order valence-corrected chi connectivity index (χ2v) is 6.34. The van der Waals surface area contributed by atoms with E-state index in [0.717, 1.165) is 12.0 Å². The van der Waals surface area contributed by atoms with Gasteiger partial charge in [-0.3, -0.25) is 15.1 Å². The quantitative estimate of drug-likeness (QED) is 0.641. The predicted molar refractivity (Wildman–Crippen MR) is 99.1 cm³/mol. The summed E-state index contributed by atoms with van der Waals surface area (Å²) in [7, 11) is 0. The van der Waals surface area contributed by atoms with E-state index >= 15 is 0 Å². The van der Waals surface area contributed by atoms with E-state index in [9.17, 15) is 10.1 Å². The lowest BCUT2D eigenvalue weighted by Crippen LogP contribution is -2.37. The van der Waals surface area contributed by atoms with E-state index in [1.807, 2.05) is 30.6 Å². The Hall–Kier alpha value is -1.69. The molecule has 0 amide bonds. The number of halogens is 2. The van der Waals surface area contributed by atoms with Crippen molar-refractivity contribution in [2.45, 2.75) is 37.8 Å². The summed E-state index contributed by atoms with van der Waals surface area (Å²) in [5.74, 6) is 0.347. The summed E-state index contributed by atoms with van der Waals surface area (Å²) in [4.78, 5) is 14.7. The molecule has 1 aromatic heterocycles. The summed E-state index contributed by atoms with van der Waals surface area (Å²) in [5, 5.41) is 14.6. The lowest BCUT2D eigenvalue weighted by Gasteiger charge is -2.27. The molecule has 0 radical (unpaired) electrons. The summed E-state index contributed by atoms with van der Waals surface area (Å²) in [6.45, 7) is 4.35. The third kappa shape index (κ3) is 4.04. The van der Waals surface area contributed by atoms with E-state index in [0.29, 0.717) is 5.92 Å². The van der Waals surface area contributed by atoms with E-state index in [4.69, 9.17) is 0 Å². The minimum atomic E-state index is -0.343. The average Bonchev–Trinajstić information content (AvgIpc) is 2.84. The Morgan fingerprint density at radius 2 is 1.83 bits per heavy atom. The SMILES string of the molecule is CC1(C)N[C@@H](c2cccc([N+](=O)[O-])c2)C[C@H]1c1ccncc1.Cl.Cl. The highest BCUT2D eigenvalue weighted by molar-refractivity contribution is 5.85. The molecule has 2 atom stereocenters. The topological polar surface area (TPSA) is 68.1 Å². The molecule has 2 heterocycles. The Kier molecular flexibility index (Phi) is 6.72. The van der Waals surface area contributed by atoms with Gasteiger partial charge >= 0.3 is 0 Å². The van der Waals surface area contributed by atoms with Crippen molar-refractivity contribution in [1.29, 1.82) is 0 Å². The van der Waals surface area contributed by atoms with E-state index in [1.165, 1.54) is 11.6 Å². The van der Waals surface area contributed by atoms with Gasteiger partial charge in [-0.1, -0.05) is 12.1 Å². The monoisotopic (exact) mass is 369 g/mol. The summed E-state index contributed by atoms with van der Waals surface area (Å²) in [5.41, 5.74) is 2.29. The van der Waals surface area contributed by atoms with Crippen LogP contribution in [-0.4, -0.2) is 15.4 Å². The lowest BCUT2D eigenvalue weighted by molar-refractivity contribution is -0.384. The van der Waals surface area contributed by atoms with Crippen molar-refractivity contribution >= 4 is 30.5 Å². The van der Waals surface area contributed by atoms with Gasteiger partial charge in [0.25, 0.3) is 5.69 Å². The maximum absolute atomic E-state index is 11.0. The fourth-order valence-corrected chi connectivity index (χ4v) is 3.36. The van der Waals surface area contributed by atoms with Crippen LogP contribution in [0, 0.1) is 10.1 Å². The molecule has 3 rings (SSSR count). The third-order valence-corrected chi connectivity index (χ3v) is 4.48. The van der Waals surface area contributed by atoms with Crippen LogP contribution in [0.3, 0.4) is 0 Å². The number of nitro benzene ring substituents is 1. The molecule has 24 heavy (non-hydrogen) atoms. The van der Waals surface area contributed by atoms with Crippen LogP contribution >= 0.6 is 24.8 Å². The number of rotatable bonds is 3. The molecule has 1 aromatic carbocycles. The van der Waals surface area contributed by atoms with Crippen LogP contribution in [0.5, 0.6) is 0 Å². The van der Waals surface area contributed by atoms with Crippen LogP contribution in [0.1, 0.15) is 43.4 Å². The van der Waals surface area contributed by atoms with Crippen molar-refractivity contribution in [2.24, 2.45) is 0 Å². The van der Waals surface area contributed by atoms with Crippen LogP contribution in [0.25, 0.3) is 0 Å². The molecule has 1 aliphatic heterocycles. The van der Waals surface area contributed by atoms with Gasteiger partial charge in [-0.25, -0.2) is 0 Å². The van der Waals surface area contributed by atoms with Gasteiger partial charge in [0.1, 0.15) is 0 Å². The fraction of sp³-hybridized carbons (Fsp3) is 0.353. The van der Waals surface area contributed by atoms with E-state index in [2.05, 4.69) is 24.1 Å². The fourth-order valence-electron chi connectivity index (χ4n) is 3.36. The molecular weight excluding hydrogens is 349 g/mol. The van der Waals surface area contributed by atoms with Gasteiger partial charge in [0, 0.05) is 42.0 Å². The zero-order chi connectivity index (χ0) is 15.7. The Labute approximate surface area is 153 Å². The number of nitrogens with zero attached hydrogens (tertiary/aromatic N) is 2. The van der Waals surface area contributed by atoms with Crippen LogP contribution in [0.15, 0.2) is 48.8 Å². The molecule has 0 unspecified atom stereocenters. The smallest absolute Gasteiger partial charge is 0.269 e. The first-order valence-corrected chi connectivity index (χ1v) is 7.39. The first kappa shape index (κ1) is 20.4. The molecule has 0 bridgehead atoms. The van der Waals surface area contributed by atoms with Crippen molar-refractivity contribution < 1.29 is 4.92 Å². The van der Waals surface area contributed by atoms with E-state index < -0.39 is 0 Å². The van der Waals surface area contributed by atoms with Crippen LogP contribution < -0.4 is 5.32 Å². The van der Waals surface area contributed by atoms with Gasteiger partial charge < -0.3 is 5.32 Å². The average molecular weight is 370 g/mol. The third-order valence-electron chi connectivity index (χ3n) is 4.48. The van der Waals surface area contributed by atoms with Crippen molar-refractivity contribution in [3.63, 3.8) is 0 Å². The van der Waals surface area contributed by atoms with Gasteiger partial charge in [0.15, 0.2) is 0 Å². The highest BCUT2D eigenvalue weighted by atomic mass is 35.5. The predicted octanol–water partition coefficient (Wildman–Crippen LogP) is 4.43. The molecule has 7 heteroatoms. The number of benzene rings is 1. The summed E-state index contributed by atoms with van der Waals surface area (Å²) in [6, 6.07) is 11.1. The van der Waals surface area contributed by atoms with Crippen molar-refractivity contribution in [3.8, 4) is 0 Å². The Morgan fingerprint density at radius 3 is 2.46 bits per heavy atom. The molecule has 130 valence electrons. The minimum absolute atomic E-state index is 0. The largest absolute Gasteiger partial charge is 0.304 e. The van der Waals surface area contributed by atoms with Crippen LogP contribution in [-0.2, 0) is 0 Å². The second-order valence-electron chi connectivity index (χ2n) is 6.34. The van der Waals surface area contributed by atoms with Gasteiger partial charge in [-0.05, 0) is 43.5 Å².